The zero-order valence-electron chi connectivity index (χ0n) is 16.7. The first-order valence-corrected chi connectivity index (χ1v) is 15.3. The van der Waals surface area contributed by atoms with Gasteiger partial charge in [-0.1, -0.05) is 68.9 Å². The van der Waals surface area contributed by atoms with Gasteiger partial charge in [0.2, 0.25) is 0 Å². The van der Waals surface area contributed by atoms with Crippen LogP contribution in [0.25, 0.3) is 0 Å². The van der Waals surface area contributed by atoms with E-state index in [4.69, 9.17) is 0 Å². The second kappa shape index (κ2) is 8.59. The van der Waals surface area contributed by atoms with E-state index < -0.39 is 14.3 Å². The molecule has 1 aliphatic heterocycles. The molecule has 0 bridgehead atoms. The second-order valence-electron chi connectivity index (χ2n) is 9.27. The molecule has 1 heterocycles. The van der Waals surface area contributed by atoms with Crippen molar-refractivity contribution in [3.63, 3.8) is 0 Å². The maximum Gasteiger partial charge on any atom is 0.119 e. The fourth-order valence-electron chi connectivity index (χ4n) is 6.16. The molecule has 150 valence electrons. The molecule has 2 atom stereocenters. The Kier molecular flexibility index (Phi) is 6.35. The highest BCUT2D eigenvalue weighted by Gasteiger charge is 2.48. The summed E-state index contributed by atoms with van der Waals surface area (Å²) in [6.07, 6.45) is 16.0. The van der Waals surface area contributed by atoms with Gasteiger partial charge >= 0.3 is 0 Å². The summed E-state index contributed by atoms with van der Waals surface area (Å²) in [6.45, 7) is 0. The van der Waals surface area contributed by atoms with Crippen molar-refractivity contribution in [3.05, 3.63) is 30.3 Å². The number of hydrogen-bond donors (Lipinski definition) is 0. The Bertz CT molecular complexity index is 680. The van der Waals surface area contributed by atoms with Crippen LogP contribution in [-0.4, -0.2) is 29.3 Å². The lowest BCUT2D eigenvalue weighted by Gasteiger charge is -2.40. The van der Waals surface area contributed by atoms with Crippen LogP contribution >= 0.6 is 14.3 Å². The van der Waals surface area contributed by atoms with Crippen molar-refractivity contribution in [2.75, 3.05) is 12.3 Å². The molecule has 2 saturated carbocycles. The van der Waals surface area contributed by atoms with Gasteiger partial charge in [0.25, 0.3) is 0 Å². The maximum atomic E-state index is 14.7. The lowest BCUT2D eigenvalue weighted by atomic mass is 9.99. The number of hydrogen-bond acceptors (Lipinski definition) is 2. The van der Waals surface area contributed by atoms with Gasteiger partial charge in [-0.2, -0.15) is 0 Å². The third-order valence-corrected chi connectivity index (χ3v) is 16.3. The van der Waals surface area contributed by atoms with Gasteiger partial charge in [0, 0.05) is 34.6 Å². The first-order valence-electron chi connectivity index (χ1n) is 11.4. The van der Waals surface area contributed by atoms with Gasteiger partial charge in [0.1, 0.15) is 7.14 Å². The molecule has 1 aromatic rings. The van der Waals surface area contributed by atoms with Crippen LogP contribution < -0.4 is 5.30 Å². The van der Waals surface area contributed by atoms with Crippen LogP contribution in [0.4, 0.5) is 0 Å². The molecule has 2 nitrogen and oxygen atoms in total. The van der Waals surface area contributed by atoms with Gasteiger partial charge in [0.05, 0.1) is 7.14 Å². The topological polar surface area (TPSA) is 34.1 Å². The second-order valence-corrected chi connectivity index (χ2v) is 16.1. The number of rotatable bonds is 5. The fraction of sp³-hybridized carbons (Fsp3) is 0.739. The van der Waals surface area contributed by atoms with Crippen LogP contribution in [0.5, 0.6) is 0 Å². The molecule has 3 fully saturated rings. The minimum atomic E-state index is -2.40. The molecule has 27 heavy (non-hydrogen) atoms. The smallest absolute Gasteiger partial charge is 0.119 e. The van der Waals surface area contributed by atoms with E-state index >= 15 is 0 Å². The molecule has 2 aliphatic carbocycles. The van der Waals surface area contributed by atoms with Gasteiger partial charge in [-0.05, 0) is 38.5 Å². The van der Waals surface area contributed by atoms with E-state index in [1.807, 2.05) is 18.2 Å². The third-order valence-electron chi connectivity index (χ3n) is 7.69. The molecule has 4 heteroatoms. The average molecular weight is 406 g/mol. The van der Waals surface area contributed by atoms with Crippen molar-refractivity contribution in [1.82, 2.24) is 0 Å². The molecule has 4 rings (SSSR count). The average Bonchev–Trinajstić information content (AvgIpc) is 3.11. The molecule has 3 aliphatic rings. The van der Waals surface area contributed by atoms with Crippen molar-refractivity contribution >= 4 is 19.6 Å². The Morgan fingerprint density at radius 1 is 0.778 bits per heavy atom. The van der Waals surface area contributed by atoms with E-state index in [1.165, 1.54) is 38.5 Å². The fourth-order valence-corrected chi connectivity index (χ4v) is 15.5. The predicted molar refractivity (Wildman–Crippen MR) is 118 cm³/mol. The molecule has 0 N–H and O–H groups in total. The number of benzene rings is 1. The van der Waals surface area contributed by atoms with Crippen LogP contribution in [-0.2, 0) is 9.13 Å². The molecule has 0 aromatic heterocycles. The quantitative estimate of drug-likeness (QED) is 0.500. The van der Waals surface area contributed by atoms with Crippen molar-refractivity contribution in [2.45, 2.75) is 94.0 Å². The molecule has 0 spiro atoms. The minimum Gasteiger partial charge on any atom is -0.323 e. The Balaban J connectivity index is 1.62. The van der Waals surface area contributed by atoms with Crippen LogP contribution in [0.2, 0.25) is 0 Å². The Labute approximate surface area is 165 Å². The van der Waals surface area contributed by atoms with Crippen molar-refractivity contribution in [2.24, 2.45) is 0 Å². The molecule has 1 aromatic carbocycles. The van der Waals surface area contributed by atoms with Crippen LogP contribution in [0, 0.1) is 0 Å². The first-order chi connectivity index (χ1) is 13.1. The predicted octanol–water partition coefficient (Wildman–Crippen LogP) is 6.87. The van der Waals surface area contributed by atoms with Gasteiger partial charge in [-0.3, -0.25) is 0 Å². The minimum absolute atomic E-state index is 0.176. The summed E-state index contributed by atoms with van der Waals surface area (Å²) in [5, 5.41) is 1.05. The largest absolute Gasteiger partial charge is 0.323 e. The molecule has 2 unspecified atom stereocenters. The summed E-state index contributed by atoms with van der Waals surface area (Å²) >= 11 is 0. The van der Waals surface area contributed by atoms with Crippen molar-refractivity contribution < 1.29 is 9.13 Å². The van der Waals surface area contributed by atoms with E-state index in [2.05, 4.69) is 12.1 Å². The summed E-state index contributed by atoms with van der Waals surface area (Å²) in [4.78, 5) is 0. The monoisotopic (exact) mass is 406 g/mol. The van der Waals surface area contributed by atoms with E-state index in [0.717, 1.165) is 56.2 Å². The van der Waals surface area contributed by atoms with Crippen LogP contribution in [0.15, 0.2) is 30.3 Å². The van der Waals surface area contributed by atoms with Crippen LogP contribution in [0.3, 0.4) is 0 Å². The molecular formula is C23H36O2P2. The van der Waals surface area contributed by atoms with Gasteiger partial charge in [0.15, 0.2) is 0 Å². The molecular weight excluding hydrogens is 370 g/mol. The highest BCUT2D eigenvalue weighted by molar-refractivity contribution is 7.74. The highest BCUT2D eigenvalue weighted by atomic mass is 31.2. The molecule has 1 saturated heterocycles. The van der Waals surface area contributed by atoms with E-state index in [1.54, 1.807) is 0 Å². The maximum absolute atomic E-state index is 14.7. The van der Waals surface area contributed by atoms with E-state index in [9.17, 15) is 9.13 Å². The Morgan fingerprint density at radius 2 is 1.33 bits per heavy atom. The highest BCUT2D eigenvalue weighted by Crippen LogP contribution is 2.68. The normalized spacial score (nSPS) is 31.2. The van der Waals surface area contributed by atoms with E-state index in [0.29, 0.717) is 11.3 Å². The van der Waals surface area contributed by atoms with Gasteiger partial charge in [-0.25, -0.2) is 0 Å². The van der Waals surface area contributed by atoms with Crippen LogP contribution in [0.1, 0.15) is 77.0 Å². The molecule has 0 amide bonds. The van der Waals surface area contributed by atoms with Crippen molar-refractivity contribution in [1.29, 1.82) is 0 Å². The SMILES string of the molecule is O=P1(c2ccccc2)CCCC1CP(=O)(C1CCCCC1)C1CCCCC1. The third kappa shape index (κ3) is 4.04. The van der Waals surface area contributed by atoms with Crippen molar-refractivity contribution in [3.8, 4) is 0 Å². The standard InChI is InChI=1S/C23H36O2P2/c24-26(20-11-4-1-5-12-20)18-10-17-23(26)19-27(25,21-13-6-2-7-14-21)22-15-8-3-9-16-22/h1,4-5,11-12,21-23H,2-3,6-10,13-19H2. The molecule has 0 radical (unpaired) electrons. The summed E-state index contributed by atoms with van der Waals surface area (Å²) in [7, 11) is -4.70. The lowest BCUT2D eigenvalue weighted by Crippen LogP contribution is -2.29. The lowest BCUT2D eigenvalue weighted by molar-refractivity contribution is 0.446. The first kappa shape index (κ1) is 20.0. The van der Waals surface area contributed by atoms with Gasteiger partial charge in [-0.15, -0.1) is 0 Å². The zero-order chi connectivity index (χ0) is 18.7. The zero-order valence-corrected chi connectivity index (χ0v) is 18.5. The van der Waals surface area contributed by atoms with E-state index in [-0.39, 0.29) is 5.66 Å². The Morgan fingerprint density at radius 3 is 1.89 bits per heavy atom. The summed E-state index contributed by atoms with van der Waals surface area (Å²) < 4.78 is 28.7. The summed E-state index contributed by atoms with van der Waals surface area (Å²) in [5.41, 5.74) is 1.04. The summed E-state index contributed by atoms with van der Waals surface area (Å²) in [6, 6.07) is 10.2. The van der Waals surface area contributed by atoms with Gasteiger partial charge < -0.3 is 9.13 Å². The Hall–Kier alpha value is -0.320. The summed E-state index contributed by atoms with van der Waals surface area (Å²) in [5.74, 6) is 0.